The summed E-state index contributed by atoms with van der Waals surface area (Å²) in [5.41, 5.74) is -3.64. The zero-order valence-electron chi connectivity index (χ0n) is 17.7. The first-order valence-electron chi connectivity index (χ1n) is 9.62. The van der Waals surface area contributed by atoms with Gasteiger partial charge in [0.1, 0.15) is 11.8 Å². The van der Waals surface area contributed by atoms with Crippen molar-refractivity contribution in [2.24, 2.45) is 0 Å². The van der Waals surface area contributed by atoms with Crippen LogP contribution >= 0.6 is 0 Å². The largest absolute Gasteiger partial charge is 0.464 e. The van der Waals surface area contributed by atoms with Gasteiger partial charge in [0.25, 0.3) is 0 Å². The number of hydrogen-bond acceptors (Lipinski definition) is 8. The molecule has 0 saturated carbocycles. The van der Waals surface area contributed by atoms with Gasteiger partial charge < -0.3 is 14.1 Å². The van der Waals surface area contributed by atoms with Crippen LogP contribution in [0.2, 0.25) is 0 Å². The van der Waals surface area contributed by atoms with Gasteiger partial charge in [-0.3, -0.25) is 0 Å². The highest BCUT2D eigenvalue weighted by Crippen LogP contribution is 2.35. The molecule has 0 amide bonds. The van der Waals surface area contributed by atoms with Crippen molar-refractivity contribution in [3.63, 3.8) is 0 Å². The lowest BCUT2D eigenvalue weighted by atomic mass is 9.77. The maximum absolute atomic E-state index is 13.1. The van der Waals surface area contributed by atoms with Crippen molar-refractivity contribution in [3.8, 4) is 12.1 Å². The van der Waals surface area contributed by atoms with Crippen molar-refractivity contribution in [1.29, 1.82) is 10.5 Å². The molecule has 2 rings (SSSR count). The lowest BCUT2D eigenvalue weighted by Gasteiger charge is -2.31. The lowest BCUT2D eigenvalue weighted by molar-refractivity contribution is -0.146. The van der Waals surface area contributed by atoms with Crippen LogP contribution in [-0.2, 0) is 14.9 Å². The number of ether oxygens (including phenoxy) is 1. The molecule has 2 aromatic rings. The molecule has 0 radical (unpaired) electrons. The van der Waals surface area contributed by atoms with Gasteiger partial charge in [-0.1, -0.05) is 30.3 Å². The van der Waals surface area contributed by atoms with Crippen LogP contribution in [0.25, 0.3) is 0 Å². The second-order valence-electron chi connectivity index (χ2n) is 7.16. The Hall–Kier alpha value is -3.65. The number of carbonyl (C=O) groups is 1. The molecule has 0 saturated heterocycles. The van der Waals surface area contributed by atoms with Crippen LogP contribution in [0.4, 0.5) is 6.01 Å². The van der Waals surface area contributed by atoms with Crippen molar-refractivity contribution >= 4 is 12.0 Å². The molecule has 8 heteroatoms. The third-order valence-corrected chi connectivity index (χ3v) is 4.59. The smallest absolute Gasteiger partial charge is 0.358 e. The molecule has 0 fully saturated rings. The van der Waals surface area contributed by atoms with Gasteiger partial charge in [-0.05, 0) is 40.2 Å². The Bertz CT molecular complexity index is 1040. The van der Waals surface area contributed by atoms with E-state index in [1.165, 1.54) is 0 Å². The predicted molar refractivity (Wildman–Crippen MR) is 110 cm³/mol. The summed E-state index contributed by atoms with van der Waals surface area (Å²) in [6.07, 6.45) is 0. The maximum atomic E-state index is 13.1. The van der Waals surface area contributed by atoms with Crippen LogP contribution in [0.5, 0.6) is 0 Å². The Kier molecular flexibility index (Phi) is 6.97. The van der Waals surface area contributed by atoms with Crippen LogP contribution in [0, 0.1) is 22.7 Å². The zero-order chi connectivity index (χ0) is 22.5. The molecule has 0 spiro atoms. The first-order valence-corrected chi connectivity index (χ1v) is 9.62. The molecule has 8 nitrogen and oxygen atoms in total. The van der Waals surface area contributed by atoms with E-state index in [2.05, 4.69) is 4.98 Å². The fourth-order valence-corrected chi connectivity index (χ4v) is 3.37. The molecule has 1 aromatic carbocycles. The van der Waals surface area contributed by atoms with Gasteiger partial charge >= 0.3 is 17.6 Å². The fraction of sp³-hybridized carbons (Fsp3) is 0.409. The highest BCUT2D eigenvalue weighted by atomic mass is 16.5. The molecule has 30 heavy (non-hydrogen) atoms. The minimum Gasteiger partial charge on any atom is -0.464 e. The van der Waals surface area contributed by atoms with Gasteiger partial charge in [0.15, 0.2) is 5.56 Å². The van der Waals surface area contributed by atoms with Gasteiger partial charge in [0.2, 0.25) is 5.41 Å². The minimum absolute atomic E-state index is 0.00932. The fourth-order valence-electron chi connectivity index (χ4n) is 3.37. The van der Waals surface area contributed by atoms with Crippen LogP contribution in [0.1, 0.15) is 51.4 Å². The van der Waals surface area contributed by atoms with E-state index in [1.807, 2.05) is 33.8 Å². The van der Waals surface area contributed by atoms with E-state index in [4.69, 9.17) is 9.15 Å². The number of esters is 1. The van der Waals surface area contributed by atoms with Crippen molar-refractivity contribution in [1.82, 2.24) is 4.98 Å². The summed E-state index contributed by atoms with van der Waals surface area (Å²) in [5.74, 6) is -0.917. The van der Waals surface area contributed by atoms with Crippen LogP contribution in [-0.4, -0.2) is 29.6 Å². The molecular formula is C22H24N4O4. The van der Waals surface area contributed by atoms with Crippen LogP contribution < -0.4 is 10.5 Å². The normalized spacial score (nSPS) is 12.7. The highest BCUT2D eigenvalue weighted by molar-refractivity contribution is 5.91. The average molecular weight is 408 g/mol. The number of anilines is 1. The van der Waals surface area contributed by atoms with Crippen molar-refractivity contribution in [2.75, 3.05) is 11.5 Å². The number of hydrogen-bond donors (Lipinski definition) is 0. The summed E-state index contributed by atoms with van der Waals surface area (Å²) in [7, 11) is 0. The SMILES string of the molecule is CCOC(=O)C(C#N)(c1ccccc1)c1nc(N(C(C)C)C(C)C)oc(=O)c1C#N. The Labute approximate surface area is 175 Å². The van der Waals surface area contributed by atoms with Gasteiger partial charge in [-0.25, -0.2) is 9.59 Å². The van der Waals surface area contributed by atoms with Gasteiger partial charge in [0.05, 0.1) is 12.7 Å². The molecular weight excluding hydrogens is 384 g/mol. The molecule has 1 atom stereocenters. The van der Waals surface area contributed by atoms with E-state index < -0.39 is 22.6 Å². The predicted octanol–water partition coefficient (Wildman–Crippen LogP) is 2.90. The van der Waals surface area contributed by atoms with Crippen LogP contribution in [0.3, 0.4) is 0 Å². The molecule has 0 aliphatic carbocycles. The number of carbonyl (C=O) groups excluding carboxylic acids is 1. The number of nitriles is 2. The van der Waals surface area contributed by atoms with Crippen molar-refractivity contribution < 1.29 is 13.9 Å². The Balaban J connectivity index is 2.97. The molecule has 1 aromatic heterocycles. The summed E-state index contributed by atoms with van der Waals surface area (Å²) < 4.78 is 10.5. The van der Waals surface area contributed by atoms with Crippen molar-refractivity contribution in [2.45, 2.75) is 52.1 Å². The summed E-state index contributed by atoms with van der Waals surface area (Å²) in [6, 6.07) is 11.6. The Morgan fingerprint density at radius 2 is 1.80 bits per heavy atom. The topological polar surface area (TPSA) is 120 Å². The average Bonchev–Trinajstić information content (AvgIpc) is 2.69. The third-order valence-electron chi connectivity index (χ3n) is 4.59. The number of nitrogens with zero attached hydrogens (tertiary/aromatic N) is 4. The first-order chi connectivity index (χ1) is 14.2. The molecule has 0 aliphatic heterocycles. The first kappa shape index (κ1) is 22.6. The summed E-state index contributed by atoms with van der Waals surface area (Å²) in [4.78, 5) is 31.9. The Morgan fingerprint density at radius 3 is 2.27 bits per heavy atom. The quantitative estimate of drug-likeness (QED) is 0.641. The molecule has 1 unspecified atom stereocenters. The summed E-state index contributed by atoms with van der Waals surface area (Å²) in [6.45, 7) is 9.17. The standard InChI is InChI=1S/C22H24N4O4/c1-6-29-20(28)22(13-24,16-10-8-7-9-11-16)18-17(12-23)19(27)30-21(25-18)26(14(2)3)15(4)5/h7-11,14-15H,6H2,1-5H3. The monoisotopic (exact) mass is 408 g/mol. The van der Waals surface area contributed by atoms with E-state index in [0.29, 0.717) is 0 Å². The third kappa shape index (κ3) is 3.90. The van der Waals surface area contributed by atoms with E-state index in [9.17, 15) is 20.1 Å². The van der Waals surface area contributed by atoms with Crippen LogP contribution in [0.15, 0.2) is 39.5 Å². The van der Waals surface area contributed by atoms with E-state index >= 15 is 0 Å². The molecule has 156 valence electrons. The number of rotatable bonds is 7. The second-order valence-corrected chi connectivity index (χ2v) is 7.16. The van der Waals surface area contributed by atoms with Gasteiger partial charge in [0, 0.05) is 12.1 Å². The molecule has 1 heterocycles. The molecule has 0 N–H and O–H groups in total. The second kappa shape index (κ2) is 9.23. The number of benzene rings is 1. The zero-order valence-corrected chi connectivity index (χ0v) is 17.7. The molecule has 0 aliphatic rings. The van der Waals surface area contributed by atoms with Gasteiger partial charge in [-0.2, -0.15) is 15.5 Å². The number of aromatic nitrogens is 1. The van der Waals surface area contributed by atoms with E-state index in [0.717, 1.165) is 0 Å². The lowest BCUT2D eigenvalue weighted by Crippen LogP contribution is -2.43. The van der Waals surface area contributed by atoms with Gasteiger partial charge in [-0.15, -0.1) is 0 Å². The van der Waals surface area contributed by atoms with Crippen molar-refractivity contribution in [3.05, 3.63) is 57.6 Å². The molecule has 0 bridgehead atoms. The summed E-state index contributed by atoms with van der Waals surface area (Å²) in [5, 5.41) is 19.8. The van der Waals surface area contributed by atoms with E-state index in [1.54, 1.807) is 48.2 Å². The maximum Gasteiger partial charge on any atom is 0.358 e. The van der Waals surface area contributed by atoms with E-state index in [-0.39, 0.29) is 36.0 Å². The Morgan fingerprint density at radius 1 is 1.20 bits per heavy atom. The highest BCUT2D eigenvalue weighted by Gasteiger charge is 2.49. The summed E-state index contributed by atoms with van der Waals surface area (Å²) >= 11 is 0. The minimum atomic E-state index is -2.10.